The van der Waals surface area contributed by atoms with Gasteiger partial charge in [-0.2, -0.15) is 0 Å². The van der Waals surface area contributed by atoms with Gasteiger partial charge in [-0.3, -0.25) is 4.79 Å². The lowest BCUT2D eigenvalue weighted by Gasteiger charge is -2.17. The van der Waals surface area contributed by atoms with E-state index in [1.54, 1.807) is 6.08 Å². The van der Waals surface area contributed by atoms with Crippen molar-refractivity contribution < 1.29 is 4.79 Å². The van der Waals surface area contributed by atoms with Crippen molar-refractivity contribution in [2.24, 2.45) is 0 Å². The Labute approximate surface area is 84.5 Å². The summed E-state index contributed by atoms with van der Waals surface area (Å²) in [5.41, 5.74) is 2.67. The third kappa shape index (κ3) is 1.77. The molecular weight excluding hydrogens is 172 g/mol. The molecule has 1 aliphatic carbocycles. The van der Waals surface area contributed by atoms with Crippen LogP contribution in [0.15, 0.2) is 36.4 Å². The van der Waals surface area contributed by atoms with Gasteiger partial charge in [-0.05, 0) is 30.5 Å². The molecule has 14 heavy (non-hydrogen) atoms. The lowest BCUT2D eigenvalue weighted by Crippen LogP contribution is -2.07. The summed E-state index contributed by atoms with van der Waals surface area (Å²) in [5.74, 6) is 0.698. The van der Waals surface area contributed by atoms with E-state index in [-0.39, 0.29) is 5.78 Å². The molecule has 0 bridgehead atoms. The van der Waals surface area contributed by atoms with E-state index in [1.807, 2.05) is 6.08 Å². The number of carbonyl (C=O) groups is 1. The minimum atomic E-state index is 0.259. The van der Waals surface area contributed by atoms with Gasteiger partial charge in [-0.25, -0.2) is 0 Å². The highest BCUT2D eigenvalue weighted by molar-refractivity contribution is 5.90. The number of allylic oxidation sites excluding steroid dienone is 2. The molecular formula is C13H14O. The van der Waals surface area contributed by atoms with Gasteiger partial charge in [-0.15, -0.1) is 0 Å². The van der Waals surface area contributed by atoms with Crippen LogP contribution in [0, 0.1) is 6.92 Å². The molecule has 1 aliphatic rings. The van der Waals surface area contributed by atoms with Gasteiger partial charge >= 0.3 is 0 Å². The van der Waals surface area contributed by atoms with Crippen molar-refractivity contribution in [3.05, 3.63) is 47.5 Å². The fraction of sp³-hybridized carbons (Fsp3) is 0.308. The van der Waals surface area contributed by atoms with E-state index in [4.69, 9.17) is 0 Å². The van der Waals surface area contributed by atoms with Crippen molar-refractivity contribution in [2.45, 2.75) is 25.7 Å². The third-order valence-corrected chi connectivity index (χ3v) is 2.80. The van der Waals surface area contributed by atoms with Crippen LogP contribution in [0.3, 0.4) is 0 Å². The van der Waals surface area contributed by atoms with Crippen molar-refractivity contribution in [2.75, 3.05) is 0 Å². The van der Waals surface area contributed by atoms with Crippen molar-refractivity contribution >= 4 is 5.78 Å². The molecule has 1 aromatic rings. The Kier molecular flexibility index (Phi) is 2.49. The van der Waals surface area contributed by atoms with E-state index >= 15 is 0 Å². The maximum Gasteiger partial charge on any atom is 0.155 e. The fourth-order valence-electron chi connectivity index (χ4n) is 1.96. The van der Waals surface area contributed by atoms with Crippen LogP contribution in [0.25, 0.3) is 0 Å². The highest BCUT2D eigenvalue weighted by Crippen LogP contribution is 2.28. The van der Waals surface area contributed by atoms with Crippen molar-refractivity contribution in [3.63, 3.8) is 0 Å². The first-order valence-corrected chi connectivity index (χ1v) is 5.04. The second-order valence-electron chi connectivity index (χ2n) is 3.83. The SMILES string of the molecule is Cc1ccccc1C1C=CC(=O)CC1. The number of rotatable bonds is 1. The third-order valence-electron chi connectivity index (χ3n) is 2.80. The van der Waals surface area contributed by atoms with Crippen molar-refractivity contribution in [3.8, 4) is 0 Å². The Balaban J connectivity index is 2.28. The minimum absolute atomic E-state index is 0.259. The first-order valence-electron chi connectivity index (χ1n) is 5.04. The smallest absolute Gasteiger partial charge is 0.155 e. The summed E-state index contributed by atoms with van der Waals surface area (Å²) in [6, 6.07) is 8.39. The molecule has 0 amide bonds. The number of benzene rings is 1. The largest absolute Gasteiger partial charge is 0.295 e. The summed E-state index contributed by atoms with van der Waals surface area (Å²) < 4.78 is 0. The lowest BCUT2D eigenvalue weighted by molar-refractivity contribution is -0.115. The number of ketones is 1. The van der Waals surface area contributed by atoms with Crippen LogP contribution in [-0.2, 0) is 4.79 Å². The van der Waals surface area contributed by atoms with Crippen LogP contribution in [0.2, 0.25) is 0 Å². The number of aryl methyl sites for hydroxylation is 1. The molecule has 0 aromatic heterocycles. The summed E-state index contributed by atoms with van der Waals surface area (Å²) in [4.78, 5) is 11.0. The molecule has 72 valence electrons. The molecule has 1 nitrogen and oxygen atoms in total. The maximum absolute atomic E-state index is 11.0. The summed E-state index contributed by atoms with van der Waals surface area (Å²) >= 11 is 0. The minimum Gasteiger partial charge on any atom is -0.295 e. The van der Waals surface area contributed by atoms with Crippen molar-refractivity contribution in [1.82, 2.24) is 0 Å². The predicted molar refractivity (Wildman–Crippen MR) is 57.3 cm³/mol. The second-order valence-corrected chi connectivity index (χ2v) is 3.83. The number of carbonyl (C=O) groups excluding carboxylic acids is 1. The summed E-state index contributed by atoms with van der Waals surface area (Å²) in [6.07, 6.45) is 5.41. The van der Waals surface area contributed by atoms with E-state index < -0.39 is 0 Å². The Hall–Kier alpha value is -1.37. The standard InChI is InChI=1S/C13H14O/c1-10-4-2-3-5-13(10)11-6-8-12(14)9-7-11/h2-6,8,11H,7,9H2,1H3. The molecule has 0 spiro atoms. The molecule has 0 heterocycles. The lowest BCUT2D eigenvalue weighted by atomic mass is 9.87. The van der Waals surface area contributed by atoms with Gasteiger partial charge in [-0.1, -0.05) is 30.3 Å². The van der Waals surface area contributed by atoms with Crippen LogP contribution in [-0.4, -0.2) is 5.78 Å². The van der Waals surface area contributed by atoms with Gasteiger partial charge in [0.05, 0.1) is 0 Å². The molecule has 0 saturated carbocycles. The van der Waals surface area contributed by atoms with Gasteiger partial charge in [0.1, 0.15) is 0 Å². The highest BCUT2D eigenvalue weighted by atomic mass is 16.1. The van der Waals surface area contributed by atoms with Gasteiger partial charge in [0.25, 0.3) is 0 Å². The zero-order valence-electron chi connectivity index (χ0n) is 8.36. The van der Waals surface area contributed by atoms with Crippen LogP contribution in [0.1, 0.15) is 29.9 Å². The number of hydrogen-bond donors (Lipinski definition) is 0. The summed E-state index contributed by atoms with van der Waals surface area (Å²) in [6.45, 7) is 2.12. The molecule has 1 atom stereocenters. The predicted octanol–water partition coefficient (Wildman–Crippen LogP) is 3.00. The molecule has 1 unspecified atom stereocenters. The van der Waals surface area contributed by atoms with Gasteiger partial charge in [0, 0.05) is 12.3 Å². The maximum atomic E-state index is 11.0. The molecule has 0 radical (unpaired) electrons. The fourth-order valence-corrected chi connectivity index (χ4v) is 1.96. The molecule has 1 aromatic carbocycles. The molecule has 0 saturated heterocycles. The zero-order valence-corrected chi connectivity index (χ0v) is 8.36. The number of hydrogen-bond acceptors (Lipinski definition) is 1. The van der Waals surface area contributed by atoms with Gasteiger partial charge < -0.3 is 0 Å². The molecule has 1 heteroatoms. The van der Waals surface area contributed by atoms with Crippen LogP contribution < -0.4 is 0 Å². The quantitative estimate of drug-likeness (QED) is 0.659. The van der Waals surface area contributed by atoms with Crippen molar-refractivity contribution in [1.29, 1.82) is 0 Å². The Morgan fingerprint density at radius 3 is 2.71 bits per heavy atom. The highest BCUT2D eigenvalue weighted by Gasteiger charge is 2.15. The zero-order chi connectivity index (χ0) is 9.97. The first-order chi connectivity index (χ1) is 6.77. The normalized spacial score (nSPS) is 21.2. The summed E-state index contributed by atoms with van der Waals surface area (Å²) in [5, 5.41) is 0. The topological polar surface area (TPSA) is 17.1 Å². The van der Waals surface area contributed by atoms with E-state index in [9.17, 15) is 4.79 Å². The van der Waals surface area contributed by atoms with E-state index in [0.717, 1.165) is 6.42 Å². The Morgan fingerprint density at radius 1 is 1.29 bits per heavy atom. The molecule has 0 fully saturated rings. The van der Waals surface area contributed by atoms with Crippen LogP contribution in [0.4, 0.5) is 0 Å². The Bertz CT molecular complexity index is 377. The average molecular weight is 186 g/mol. The Morgan fingerprint density at radius 2 is 2.07 bits per heavy atom. The molecule has 0 aliphatic heterocycles. The van der Waals surface area contributed by atoms with E-state index in [2.05, 4.69) is 31.2 Å². The van der Waals surface area contributed by atoms with E-state index in [1.165, 1.54) is 11.1 Å². The molecule has 0 N–H and O–H groups in total. The second kappa shape index (κ2) is 3.79. The average Bonchev–Trinajstić information content (AvgIpc) is 2.20. The summed E-state index contributed by atoms with van der Waals surface area (Å²) in [7, 11) is 0. The molecule has 2 rings (SSSR count). The van der Waals surface area contributed by atoms with Gasteiger partial charge in [0.2, 0.25) is 0 Å². The first kappa shape index (κ1) is 9.20. The van der Waals surface area contributed by atoms with E-state index in [0.29, 0.717) is 12.3 Å². The van der Waals surface area contributed by atoms with Gasteiger partial charge in [0.15, 0.2) is 5.78 Å². The van der Waals surface area contributed by atoms with Crippen LogP contribution >= 0.6 is 0 Å². The monoisotopic (exact) mass is 186 g/mol. The van der Waals surface area contributed by atoms with Crippen LogP contribution in [0.5, 0.6) is 0 Å².